The van der Waals surface area contributed by atoms with Crippen LogP contribution >= 0.6 is 0 Å². The molecule has 0 fully saturated rings. The Labute approximate surface area is 135 Å². The molecule has 0 aliphatic heterocycles. The van der Waals surface area contributed by atoms with Gasteiger partial charge in [-0.15, -0.1) is 0 Å². The highest BCUT2D eigenvalue weighted by molar-refractivity contribution is 6.39. The number of aromatic hydroxyl groups is 1. The number of phenols is 1. The molecule has 2 amide bonds. The monoisotopic (exact) mass is 312 g/mol. The van der Waals surface area contributed by atoms with Crippen molar-refractivity contribution in [2.24, 2.45) is 0 Å². The maximum Gasteiger partial charge on any atom is 0.313 e. The highest BCUT2D eigenvalue weighted by Gasteiger charge is 2.12. The van der Waals surface area contributed by atoms with Crippen molar-refractivity contribution in [3.05, 3.63) is 59.7 Å². The van der Waals surface area contributed by atoms with Gasteiger partial charge in [0, 0.05) is 12.2 Å². The van der Waals surface area contributed by atoms with Gasteiger partial charge in [-0.1, -0.05) is 31.2 Å². The minimum absolute atomic E-state index is 0.200. The summed E-state index contributed by atoms with van der Waals surface area (Å²) in [5.74, 6) is -1.14. The number of hydrogen-bond acceptors (Lipinski definition) is 3. The summed E-state index contributed by atoms with van der Waals surface area (Å²) in [6, 6.07) is 14.1. The van der Waals surface area contributed by atoms with E-state index in [1.54, 1.807) is 36.4 Å². The lowest BCUT2D eigenvalue weighted by Crippen LogP contribution is -2.36. The fourth-order valence-corrected chi connectivity index (χ4v) is 2.07. The van der Waals surface area contributed by atoms with Gasteiger partial charge >= 0.3 is 11.8 Å². The number of carbonyl (C=O) groups is 2. The largest absolute Gasteiger partial charge is 0.508 e. The van der Waals surface area contributed by atoms with Crippen molar-refractivity contribution < 1.29 is 14.7 Å². The van der Waals surface area contributed by atoms with Crippen molar-refractivity contribution in [3.63, 3.8) is 0 Å². The van der Waals surface area contributed by atoms with Crippen LogP contribution in [-0.2, 0) is 22.4 Å². The topological polar surface area (TPSA) is 78.4 Å². The highest BCUT2D eigenvalue weighted by atomic mass is 16.3. The molecule has 23 heavy (non-hydrogen) atoms. The third-order valence-corrected chi connectivity index (χ3v) is 3.46. The van der Waals surface area contributed by atoms with Crippen LogP contribution in [0.15, 0.2) is 48.5 Å². The number of phenolic OH excluding ortho intramolecular Hbond substituents is 1. The average Bonchev–Trinajstić information content (AvgIpc) is 2.57. The molecular weight excluding hydrogens is 292 g/mol. The van der Waals surface area contributed by atoms with E-state index in [9.17, 15) is 14.7 Å². The molecule has 0 aromatic heterocycles. The SMILES string of the molecule is CCc1ccc(NC(=O)C(=O)NCCc2ccc(O)cc2)cc1. The lowest BCUT2D eigenvalue weighted by Gasteiger charge is -2.07. The molecule has 0 unspecified atom stereocenters. The van der Waals surface area contributed by atoms with Crippen LogP contribution < -0.4 is 10.6 Å². The Kier molecular flexibility index (Phi) is 5.74. The van der Waals surface area contributed by atoms with Crippen LogP contribution in [0.4, 0.5) is 5.69 Å². The molecule has 0 aliphatic carbocycles. The zero-order valence-corrected chi connectivity index (χ0v) is 13.0. The molecule has 0 saturated carbocycles. The summed E-state index contributed by atoms with van der Waals surface area (Å²) in [5, 5.41) is 14.3. The average molecular weight is 312 g/mol. The van der Waals surface area contributed by atoms with E-state index >= 15 is 0 Å². The number of nitrogens with one attached hydrogen (secondary N) is 2. The second-order valence-corrected chi connectivity index (χ2v) is 5.18. The van der Waals surface area contributed by atoms with Gasteiger partial charge in [0.05, 0.1) is 0 Å². The van der Waals surface area contributed by atoms with Crippen LogP contribution in [0.5, 0.6) is 5.75 Å². The van der Waals surface area contributed by atoms with Crippen LogP contribution in [0.1, 0.15) is 18.1 Å². The van der Waals surface area contributed by atoms with E-state index in [2.05, 4.69) is 17.6 Å². The smallest absolute Gasteiger partial charge is 0.313 e. The first-order chi connectivity index (χ1) is 11.1. The maximum absolute atomic E-state index is 11.8. The Bertz CT molecular complexity index is 664. The lowest BCUT2D eigenvalue weighted by atomic mass is 10.1. The predicted octanol–water partition coefficient (Wildman–Crippen LogP) is 2.25. The molecule has 0 aliphatic rings. The lowest BCUT2D eigenvalue weighted by molar-refractivity contribution is -0.136. The van der Waals surface area contributed by atoms with Crippen molar-refractivity contribution in [3.8, 4) is 5.75 Å². The molecule has 0 heterocycles. The molecule has 0 spiro atoms. The number of hydrogen-bond donors (Lipinski definition) is 3. The van der Waals surface area contributed by atoms with E-state index in [0.29, 0.717) is 18.7 Å². The molecule has 3 N–H and O–H groups in total. The second-order valence-electron chi connectivity index (χ2n) is 5.18. The number of amides is 2. The van der Waals surface area contributed by atoms with Gasteiger partial charge in [0.25, 0.3) is 0 Å². The molecule has 5 heteroatoms. The van der Waals surface area contributed by atoms with Crippen molar-refractivity contribution in [2.45, 2.75) is 19.8 Å². The predicted molar refractivity (Wildman–Crippen MR) is 89.3 cm³/mol. The van der Waals surface area contributed by atoms with Crippen LogP contribution in [-0.4, -0.2) is 23.5 Å². The van der Waals surface area contributed by atoms with Crippen molar-refractivity contribution in [2.75, 3.05) is 11.9 Å². The van der Waals surface area contributed by atoms with Crippen LogP contribution in [0, 0.1) is 0 Å². The summed E-state index contributed by atoms with van der Waals surface area (Å²) in [4.78, 5) is 23.5. The molecule has 2 aromatic rings. The van der Waals surface area contributed by atoms with Gasteiger partial charge in [0.1, 0.15) is 5.75 Å². The number of carbonyl (C=O) groups excluding carboxylic acids is 2. The maximum atomic E-state index is 11.8. The standard InChI is InChI=1S/C18H20N2O3/c1-2-13-3-7-15(8-4-13)20-18(23)17(22)19-12-11-14-5-9-16(21)10-6-14/h3-10,21H,2,11-12H2,1H3,(H,19,22)(H,20,23). The number of anilines is 1. The quantitative estimate of drug-likeness (QED) is 0.741. The van der Waals surface area contributed by atoms with E-state index in [4.69, 9.17) is 0 Å². The minimum atomic E-state index is -0.681. The third-order valence-electron chi connectivity index (χ3n) is 3.46. The third kappa shape index (κ3) is 5.14. The van der Waals surface area contributed by atoms with Gasteiger partial charge in [-0.25, -0.2) is 0 Å². The first-order valence-corrected chi connectivity index (χ1v) is 7.54. The summed E-state index contributed by atoms with van der Waals surface area (Å²) in [6.07, 6.45) is 1.51. The summed E-state index contributed by atoms with van der Waals surface area (Å²) in [7, 11) is 0. The van der Waals surface area contributed by atoms with Gasteiger partial charge in [-0.05, 0) is 48.2 Å². The van der Waals surface area contributed by atoms with Gasteiger partial charge in [-0.2, -0.15) is 0 Å². The fourth-order valence-electron chi connectivity index (χ4n) is 2.07. The summed E-state index contributed by atoms with van der Waals surface area (Å²) in [5.41, 5.74) is 2.74. The summed E-state index contributed by atoms with van der Waals surface area (Å²) >= 11 is 0. The minimum Gasteiger partial charge on any atom is -0.508 e. The van der Waals surface area contributed by atoms with Gasteiger partial charge in [0.15, 0.2) is 0 Å². The highest BCUT2D eigenvalue weighted by Crippen LogP contribution is 2.10. The van der Waals surface area contributed by atoms with E-state index in [-0.39, 0.29) is 5.75 Å². The molecule has 120 valence electrons. The Morgan fingerprint density at radius 1 is 0.913 bits per heavy atom. The van der Waals surface area contributed by atoms with Crippen molar-refractivity contribution in [1.29, 1.82) is 0 Å². The number of benzene rings is 2. The van der Waals surface area contributed by atoms with Crippen molar-refractivity contribution >= 4 is 17.5 Å². The van der Waals surface area contributed by atoms with Crippen LogP contribution in [0.2, 0.25) is 0 Å². The molecule has 5 nitrogen and oxygen atoms in total. The zero-order valence-electron chi connectivity index (χ0n) is 13.0. The molecule has 0 radical (unpaired) electrons. The molecule has 0 bridgehead atoms. The molecular formula is C18H20N2O3. The molecule has 0 atom stereocenters. The Morgan fingerprint density at radius 2 is 1.52 bits per heavy atom. The molecule has 2 rings (SSSR count). The van der Waals surface area contributed by atoms with E-state index < -0.39 is 11.8 Å². The van der Waals surface area contributed by atoms with E-state index in [1.165, 1.54) is 5.56 Å². The van der Waals surface area contributed by atoms with E-state index in [1.807, 2.05) is 12.1 Å². The second kappa shape index (κ2) is 7.98. The number of rotatable bonds is 5. The van der Waals surface area contributed by atoms with Gasteiger partial charge < -0.3 is 15.7 Å². The van der Waals surface area contributed by atoms with Crippen LogP contribution in [0.25, 0.3) is 0 Å². The molecule has 2 aromatic carbocycles. The fraction of sp³-hybridized carbons (Fsp3) is 0.222. The normalized spacial score (nSPS) is 10.1. The van der Waals surface area contributed by atoms with Crippen molar-refractivity contribution in [1.82, 2.24) is 5.32 Å². The zero-order chi connectivity index (χ0) is 16.7. The Balaban J connectivity index is 1.78. The Hall–Kier alpha value is -2.82. The van der Waals surface area contributed by atoms with Gasteiger partial charge in [-0.3, -0.25) is 9.59 Å². The first-order valence-electron chi connectivity index (χ1n) is 7.54. The number of aryl methyl sites for hydroxylation is 1. The molecule has 0 saturated heterocycles. The van der Waals surface area contributed by atoms with E-state index in [0.717, 1.165) is 12.0 Å². The first kappa shape index (κ1) is 16.5. The van der Waals surface area contributed by atoms with Crippen LogP contribution in [0.3, 0.4) is 0 Å². The summed E-state index contributed by atoms with van der Waals surface area (Å²) < 4.78 is 0. The summed E-state index contributed by atoms with van der Waals surface area (Å²) in [6.45, 7) is 2.40. The van der Waals surface area contributed by atoms with Gasteiger partial charge in [0.2, 0.25) is 0 Å². The Morgan fingerprint density at radius 3 is 2.13 bits per heavy atom.